The van der Waals surface area contributed by atoms with Crippen LogP contribution in [0.5, 0.6) is 5.75 Å². The van der Waals surface area contributed by atoms with Gasteiger partial charge in [-0.15, -0.1) is 0 Å². The van der Waals surface area contributed by atoms with Gasteiger partial charge in [0.2, 0.25) is 0 Å². The van der Waals surface area contributed by atoms with E-state index in [1.165, 1.54) is 0 Å². The molecule has 0 heterocycles. The lowest BCUT2D eigenvalue weighted by Gasteiger charge is -2.41. The van der Waals surface area contributed by atoms with Crippen LogP contribution in [-0.2, 0) is 5.60 Å². The Kier molecular flexibility index (Phi) is 3.40. The van der Waals surface area contributed by atoms with Gasteiger partial charge in [-0.2, -0.15) is 0 Å². The highest BCUT2D eigenvalue weighted by molar-refractivity contribution is 5.33. The molecule has 1 fully saturated rings. The van der Waals surface area contributed by atoms with E-state index in [1.54, 1.807) is 7.11 Å². The van der Waals surface area contributed by atoms with E-state index in [9.17, 15) is 10.2 Å². The molecule has 1 aliphatic rings. The van der Waals surface area contributed by atoms with Gasteiger partial charge in [-0.3, -0.25) is 0 Å². The van der Waals surface area contributed by atoms with E-state index >= 15 is 0 Å². The summed E-state index contributed by atoms with van der Waals surface area (Å²) in [4.78, 5) is 0. The molecule has 2 rings (SSSR count). The summed E-state index contributed by atoms with van der Waals surface area (Å²) in [7, 11) is 1.61. The molecule has 94 valence electrons. The van der Waals surface area contributed by atoms with Gasteiger partial charge in [-0.25, -0.2) is 0 Å². The molecule has 0 radical (unpaired) electrons. The van der Waals surface area contributed by atoms with Crippen LogP contribution in [0.2, 0.25) is 0 Å². The van der Waals surface area contributed by atoms with Gasteiger partial charge in [-0.1, -0.05) is 19.1 Å². The van der Waals surface area contributed by atoms with Crippen LogP contribution >= 0.6 is 0 Å². The number of methoxy groups -OCH3 is 1. The van der Waals surface area contributed by atoms with Crippen molar-refractivity contribution in [1.82, 2.24) is 0 Å². The summed E-state index contributed by atoms with van der Waals surface area (Å²) in [6.45, 7) is 1.91. The minimum Gasteiger partial charge on any atom is -0.497 e. The number of aliphatic hydroxyl groups is 2. The summed E-state index contributed by atoms with van der Waals surface area (Å²) in [5.41, 5.74) is -0.102. The smallest absolute Gasteiger partial charge is 0.119 e. The Balaban J connectivity index is 2.35. The maximum absolute atomic E-state index is 10.8. The molecule has 0 aliphatic heterocycles. The predicted molar refractivity (Wildman–Crippen MR) is 65.9 cm³/mol. The lowest BCUT2D eigenvalue weighted by atomic mass is 9.71. The molecule has 0 bridgehead atoms. The Hall–Kier alpha value is -1.06. The first-order valence-electron chi connectivity index (χ1n) is 6.13. The number of hydrogen-bond donors (Lipinski definition) is 2. The van der Waals surface area contributed by atoms with Crippen molar-refractivity contribution in [2.24, 2.45) is 5.92 Å². The molecule has 3 nitrogen and oxygen atoms in total. The van der Waals surface area contributed by atoms with Gasteiger partial charge in [0.15, 0.2) is 0 Å². The van der Waals surface area contributed by atoms with E-state index in [-0.39, 0.29) is 5.92 Å². The van der Waals surface area contributed by atoms with Crippen molar-refractivity contribution in [2.75, 3.05) is 7.11 Å². The molecule has 1 aromatic rings. The van der Waals surface area contributed by atoms with Crippen molar-refractivity contribution >= 4 is 0 Å². The fourth-order valence-corrected chi connectivity index (χ4v) is 2.68. The molecule has 3 heteroatoms. The summed E-state index contributed by atoms with van der Waals surface area (Å²) >= 11 is 0. The van der Waals surface area contributed by atoms with Crippen LogP contribution in [0.4, 0.5) is 0 Å². The molecular weight excluding hydrogens is 216 g/mol. The summed E-state index contributed by atoms with van der Waals surface area (Å²) in [6.07, 6.45) is 1.88. The number of rotatable bonds is 2. The van der Waals surface area contributed by atoms with Gasteiger partial charge in [0.05, 0.1) is 18.8 Å². The second-order valence-corrected chi connectivity index (χ2v) is 4.90. The van der Waals surface area contributed by atoms with Crippen molar-refractivity contribution in [3.63, 3.8) is 0 Å². The van der Waals surface area contributed by atoms with Crippen LogP contribution in [0.15, 0.2) is 24.3 Å². The third-order valence-corrected chi connectivity index (χ3v) is 3.96. The second-order valence-electron chi connectivity index (χ2n) is 4.90. The van der Waals surface area contributed by atoms with Gasteiger partial charge in [0, 0.05) is 5.92 Å². The highest BCUT2D eigenvalue weighted by atomic mass is 16.5. The van der Waals surface area contributed by atoms with Crippen LogP contribution in [0, 0.1) is 5.92 Å². The molecule has 17 heavy (non-hydrogen) atoms. The van der Waals surface area contributed by atoms with Crippen molar-refractivity contribution in [3.8, 4) is 5.75 Å². The molecule has 0 amide bonds. The zero-order chi connectivity index (χ0) is 12.5. The molecule has 0 spiro atoms. The molecule has 1 saturated carbocycles. The molecule has 3 atom stereocenters. The van der Waals surface area contributed by atoms with Crippen LogP contribution in [0.1, 0.15) is 31.7 Å². The quantitative estimate of drug-likeness (QED) is 0.826. The average Bonchev–Trinajstić information content (AvgIpc) is 2.36. The third kappa shape index (κ3) is 2.17. The van der Waals surface area contributed by atoms with E-state index in [1.807, 2.05) is 31.2 Å². The van der Waals surface area contributed by atoms with Crippen molar-refractivity contribution in [3.05, 3.63) is 29.8 Å². The molecular formula is C14H20O3. The van der Waals surface area contributed by atoms with E-state index < -0.39 is 11.7 Å². The first kappa shape index (κ1) is 12.4. The monoisotopic (exact) mass is 236 g/mol. The molecule has 1 aliphatic carbocycles. The summed E-state index contributed by atoms with van der Waals surface area (Å²) in [6, 6.07) is 7.49. The lowest BCUT2D eigenvalue weighted by molar-refractivity contribution is -0.102. The minimum atomic E-state index is -0.938. The highest BCUT2D eigenvalue weighted by Crippen LogP contribution is 2.42. The fraction of sp³-hybridized carbons (Fsp3) is 0.571. The van der Waals surface area contributed by atoms with Crippen LogP contribution in [0.3, 0.4) is 0 Å². The van der Waals surface area contributed by atoms with Gasteiger partial charge in [-0.05, 0) is 37.0 Å². The van der Waals surface area contributed by atoms with Crippen molar-refractivity contribution < 1.29 is 14.9 Å². The molecule has 3 unspecified atom stereocenters. The zero-order valence-electron chi connectivity index (χ0n) is 10.4. The molecule has 0 saturated heterocycles. The van der Waals surface area contributed by atoms with Gasteiger partial charge in [0.25, 0.3) is 0 Å². The standard InChI is InChI=1S/C14H20O3/c1-10-13(15)7-4-8-14(10,16)11-5-3-6-12(9-11)17-2/h3,5-6,9-10,13,15-16H,4,7-8H2,1-2H3. The topological polar surface area (TPSA) is 49.7 Å². The number of benzene rings is 1. The Morgan fingerprint density at radius 2 is 2.18 bits per heavy atom. The maximum Gasteiger partial charge on any atom is 0.119 e. The van der Waals surface area contributed by atoms with Crippen LogP contribution in [-0.4, -0.2) is 23.4 Å². The van der Waals surface area contributed by atoms with Gasteiger partial charge >= 0.3 is 0 Å². The second kappa shape index (κ2) is 4.67. The summed E-state index contributed by atoms with van der Waals surface area (Å²) in [5, 5.41) is 20.7. The summed E-state index contributed by atoms with van der Waals surface area (Å²) in [5.74, 6) is 0.589. The first-order chi connectivity index (χ1) is 8.08. The van der Waals surface area contributed by atoms with Crippen LogP contribution < -0.4 is 4.74 Å². The number of aliphatic hydroxyl groups excluding tert-OH is 1. The minimum absolute atomic E-state index is 0.150. The number of hydrogen-bond acceptors (Lipinski definition) is 3. The third-order valence-electron chi connectivity index (χ3n) is 3.96. The van der Waals surface area contributed by atoms with Crippen LogP contribution in [0.25, 0.3) is 0 Å². The average molecular weight is 236 g/mol. The molecule has 0 aromatic heterocycles. The predicted octanol–water partition coefficient (Wildman–Crippen LogP) is 2.06. The van der Waals surface area contributed by atoms with E-state index in [4.69, 9.17) is 4.74 Å². The largest absolute Gasteiger partial charge is 0.497 e. The van der Waals surface area contributed by atoms with Crippen molar-refractivity contribution in [2.45, 2.75) is 37.9 Å². The normalized spacial score (nSPS) is 33.4. The van der Waals surface area contributed by atoms with E-state index in [2.05, 4.69) is 0 Å². The Morgan fingerprint density at radius 1 is 1.41 bits per heavy atom. The fourth-order valence-electron chi connectivity index (χ4n) is 2.68. The van der Waals surface area contributed by atoms with Gasteiger partial charge < -0.3 is 14.9 Å². The molecule has 1 aromatic carbocycles. The summed E-state index contributed by atoms with van der Waals surface area (Å²) < 4.78 is 5.18. The van der Waals surface area contributed by atoms with E-state index in [0.717, 1.165) is 24.2 Å². The lowest BCUT2D eigenvalue weighted by Crippen LogP contribution is -2.43. The van der Waals surface area contributed by atoms with Crippen molar-refractivity contribution in [1.29, 1.82) is 0 Å². The number of ether oxygens (including phenoxy) is 1. The van der Waals surface area contributed by atoms with E-state index in [0.29, 0.717) is 6.42 Å². The Morgan fingerprint density at radius 3 is 2.88 bits per heavy atom. The SMILES string of the molecule is COc1cccc(C2(O)CCCC(O)C2C)c1. The zero-order valence-corrected chi connectivity index (χ0v) is 10.4. The maximum atomic E-state index is 10.8. The first-order valence-corrected chi connectivity index (χ1v) is 6.13. The van der Waals surface area contributed by atoms with Gasteiger partial charge in [0.1, 0.15) is 5.75 Å². The highest BCUT2D eigenvalue weighted by Gasteiger charge is 2.42. The Bertz CT molecular complexity index is 391. The molecule has 2 N–H and O–H groups in total. The Labute approximate surface area is 102 Å².